The molecule has 0 radical (unpaired) electrons. The van der Waals surface area contributed by atoms with Crippen molar-refractivity contribution in [3.63, 3.8) is 0 Å². The molecule has 0 bridgehead atoms. The van der Waals surface area contributed by atoms with E-state index in [1.54, 1.807) is 30.3 Å². The maximum absolute atomic E-state index is 12.4. The molecule has 0 spiro atoms. The standard InChI is InChI=1S/C19H24N2O5S/c1-14-6-5-7-17(12-14)27(23,24)20-10-11-21(15(2)22)16-8-9-18(25-3)19(13-16)26-4/h5-9,12-13,20H,10-11H2,1-4H3. The van der Waals surface area contributed by atoms with E-state index in [0.717, 1.165) is 5.56 Å². The zero-order valence-corrected chi connectivity index (χ0v) is 16.7. The summed E-state index contributed by atoms with van der Waals surface area (Å²) < 4.78 is 37.8. The van der Waals surface area contributed by atoms with Crippen LogP contribution >= 0.6 is 0 Å². The highest BCUT2D eigenvalue weighted by Crippen LogP contribution is 2.31. The molecule has 1 N–H and O–H groups in total. The van der Waals surface area contributed by atoms with E-state index in [9.17, 15) is 13.2 Å². The molecule has 0 atom stereocenters. The first-order chi connectivity index (χ1) is 12.8. The van der Waals surface area contributed by atoms with Gasteiger partial charge in [-0.25, -0.2) is 13.1 Å². The minimum absolute atomic E-state index is 0.0736. The zero-order chi connectivity index (χ0) is 20.0. The van der Waals surface area contributed by atoms with Crippen molar-refractivity contribution in [1.82, 2.24) is 4.72 Å². The Balaban J connectivity index is 2.12. The van der Waals surface area contributed by atoms with Gasteiger partial charge in [0.05, 0.1) is 19.1 Å². The molecule has 2 aromatic carbocycles. The second kappa shape index (κ2) is 8.88. The Bertz CT molecular complexity index is 912. The lowest BCUT2D eigenvalue weighted by Crippen LogP contribution is -2.37. The Morgan fingerprint density at radius 2 is 1.78 bits per heavy atom. The van der Waals surface area contributed by atoms with Crippen LogP contribution in [-0.4, -0.2) is 41.6 Å². The molecule has 7 nitrogen and oxygen atoms in total. The summed E-state index contributed by atoms with van der Waals surface area (Å²) in [5, 5.41) is 0. The first-order valence-corrected chi connectivity index (χ1v) is 9.83. The number of nitrogens with zero attached hydrogens (tertiary/aromatic N) is 1. The monoisotopic (exact) mass is 392 g/mol. The van der Waals surface area contributed by atoms with Crippen LogP contribution in [0.15, 0.2) is 47.4 Å². The number of anilines is 1. The second-order valence-electron chi connectivity index (χ2n) is 5.92. The van der Waals surface area contributed by atoms with Gasteiger partial charge in [-0.3, -0.25) is 4.79 Å². The van der Waals surface area contributed by atoms with Gasteiger partial charge in [0, 0.05) is 31.8 Å². The number of methoxy groups -OCH3 is 2. The smallest absolute Gasteiger partial charge is 0.240 e. The van der Waals surface area contributed by atoms with Crippen LogP contribution in [0.25, 0.3) is 0 Å². The topological polar surface area (TPSA) is 84.9 Å². The summed E-state index contributed by atoms with van der Waals surface area (Å²) >= 11 is 0. The molecule has 2 rings (SSSR count). The van der Waals surface area contributed by atoms with E-state index in [1.165, 1.54) is 32.1 Å². The summed E-state index contributed by atoms with van der Waals surface area (Å²) in [7, 11) is -0.605. The van der Waals surface area contributed by atoms with E-state index in [-0.39, 0.29) is 23.9 Å². The molecule has 2 aromatic rings. The quantitative estimate of drug-likeness (QED) is 0.745. The third-order valence-corrected chi connectivity index (χ3v) is 5.44. The summed E-state index contributed by atoms with van der Waals surface area (Å²) in [5.41, 5.74) is 1.45. The number of hydrogen-bond donors (Lipinski definition) is 1. The average molecular weight is 392 g/mol. The fourth-order valence-corrected chi connectivity index (χ4v) is 3.74. The van der Waals surface area contributed by atoms with Crippen LogP contribution < -0.4 is 19.1 Å². The van der Waals surface area contributed by atoms with Crippen molar-refractivity contribution in [2.24, 2.45) is 0 Å². The molecule has 0 aliphatic carbocycles. The van der Waals surface area contributed by atoms with Gasteiger partial charge in [-0.1, -0.05) is 12.1 Å². The highest BCUT2D eigenvalue weighted by molar-refractivity contribution is 7.89. The molecular weight excluding hydrogens is 368 g/mol. The third-order valence-electron chi connectivity index (χ3n) is 3.99. The number of ether oxygens (including phenoxy) is 2. The van der Waals surface area contributed by atoms with Crippen LogP contribution in [-0.2, 0) is 14.8 Å². The van der Waals surface area contributed by atoms with Gasteiger partial charge in [-0.15, -0.1) is 0 Å². The SMILES string of the molecule is COc1ccc(N(CCNS(=O)(=O)c2cccc(C)c2)C(C)=O)cc1OC. The summed E-state index contributed by atoms with van der Waals surface area (Å²) in [5.74, 6) is 0.823. The predicted molar refractivity (Wildman–Crippen MR) is 104 cm³/mol. The molecule has 0 heterocycles. The molecular formula is C19H24N2O5S. The van der Waals surface area contributed by atoms with E-state index in [1.807, 2.05) is 13.0 Å². The van der Waals surface area contributed by atoms with Crippen LogP contribution in [0.1, 0.15) is 12.5 Å². The summed E-state index contributed by atoms with van der Waals surface area (Å²) in [6.07, 6.45) is 0. The fourth-order valence-electron chi connectivity index (χ4n) is 2.62. The molecule has 0 saturated heterocycles. The van der Waals surface area contributed by atoms with E-state index in [4.69, 9.17) is 9.47 Å². The number of benzene rings is 2. The Morgan fingerprint density at radius 1 is 1.07 bits per heavy atom. The number of amides is 1. The van der Waals surface area contributed by atoms with E-state index in [2.05, 4.69) is 4.72 Å². The molecule has 146 valence electrons. The second-order valence-corrected chi connectivity index (χ2v) is 7.69. The predicted octanol–water partition coefficient (Wildman–Crippen LogP) is 2.34. The maximum Gasteiger partial charge on any atom is 0.240 e. The first kappa shape index (κ1) is 20.7. The van der Waals surface area contributed by atoms with Gasteiger partial charge < -0.3 is 14.4 Å². The van der Waals surface area contributed by atoms with Gasteiger partial charge >= 0.3 is 0 Å². The Labute approximate surface area is 160 Å². The van der Waals surface area contributed by atoms with Gasteiger partial charge in [0.1, 0.15) is 0 Å². The van der Waals surface area contributed by atoms with Crippen LogP contribution in [0.5, 0.6) is 11.5 Å². The summed E-state index contributed by atoms with van der Waals surface area (Å²) in [6, 6.07) is 11.7. The van der Waals surface area contributed by atoms with Crippen molar-refractivity contribution in [3.8, 4) is 11.5 Å². The Kier molecular flexibility index (Phi) is 6.81. The normalized spacial score (nSPS) is 11.1. The number of hydrogen-bond acceptors (Lipinski definition) is 5. The lowest BCUT2D eigenvalue weighted by atomic mass is 10.2. The van der Waals surface area contributed by atoms with Gasteiger partial charge in [-0.05, 0) is 36.8 Å². The molecule has 0 aromatic heterocycles. The van der Waals surface area contributed by atoms with E-state index in [0.29, 0.717) is 17.2 Å². The van der Waals surface area contributed by atoms with Gasteiger partial charge in [-0.2, -0.15) is 0 Å². The molecule has 8 heteroatoms. The first-order valence-electron chi connectivity index (χ1n) is 8.35. The fraction of sp³-hybridized carbons (Fsp3) is 0.316. The molecule has 0 saturated carbocycles. The van der Waals surface area contributed by atoms with E-state index >= 15 is 0 Å². The largest absolute Gasteiger partial charge is 0.493 e. The van der Waals surface area contributed by atoms with Crippen LogP contribution in [0.3, 0.4) is 0 Å². The number of aryl methyl sites for hydroxylation is 1. The zero-order valence-electron chi connectivity index (χ0n) is 15.9. The molecule has 27 heavy (non-hydrogen) atoms. The molecule has 0 aliphatic heterocycles. The number of nitrogens with one attached hydrogen (secondary N) is 1. The highest BCUT2D eigenvalue weighted by atomic mass is 32.2. The van der Waals surface area contributed by atoms with Crippen molar-refractivity contribution >= 4 is 21.6 Å². The Morgan fingerprint density at radius 3 is 2.37 bits per heavy atom. The van der Waals surface area contributed by atoms with Gasteiger partial charge in [0.15, 0.2) is 11.5 Å². The molecule has 0 aliphatic rings. The number of sulfonamides is 1. The average Bonchev–Trinajstić information content (AvgIpc) is 2.64. The highest BCUT2D eigenvalue weighted by Gasteiger charge is 2.17. The van der Waals surface area contributed by atoms with Gasteiger partial charge in [0.25, 0.3) is 0 Å². The van der Waals surface area contributed by atoms with Crippen LogP contribution in [0.2, 0.25) is 0 Å². The molecule has 0 fully saturated rings. The van der Waals surface area contributed by atoms with Crippen molar-refractivity contribution in [2.75, 3.05) is 32.2 Å². The van der Waals surface area contributed by atoms with Crippen molar-refractivity contribution < 1.29 is 22.7 Å². The van der Waals surface area contributed by atoms with E-state index < -0.39 is 10.0 Å². The van der Waals surface area contributed by atoms with Crippen molar-refractivity contribution in [2.45, 2.75) is 18.7 Å². The lowest BCUT2D eigenvalue weighted by molar-refractivity contribution is -0.116. The number of rotatable bonds is 8. The summed E-state index contributed by atoms with van der Waals surface area (Å²) in [4.78, 5) is 13.7. The molecule has 0 unspecified atom stereocenters. The number of carbonyl (C=O) groups excluding carboxylic acids is 1. The Hall–Kier alpha value is -2.58. The van der Waals surface area contributed by atoms with Crippen molar-refractivity contribution in [3.05, 3.63) is 48.0 Å². The van der Waals surface area contributed by atoms with Crippen molar-refractivity contribution in [1.29, 1.82) is 0 Å². The maximum atomic E-state index is 12.4. The minimum Gasteiger partial charge on any atom is -0.493 e. The summed E-state index contributed by atoms with van der Waals surface area (Å²) in [6.45, 7) is 3.50. The van der Waals surface area contributed by atoms with Gasteiger partial charge in [0.2, 0.25) is 15.9 Å². The third kappa shape index (κ3) is 5.21. The van der Waals surface area contributed by atoms with Crippen LogP contribution in [0.4, 0.5) is 5.69 Å². The minimum atomic E-state index is -3.64. The number of carbonyl (C=O) groups is 1. The van der Waals surface area contributed by atoms with Crippen LogP contribution in [0, 0.1) is 6.92 Å². The lowest BCUT2D eigenvalue weighted by Gasteiger charge is -2.22. The molecule has 1 amide bonds.